The van der Waals surface area contributed by atoms with Crippen LogP contribution in [-0.2, 0) is 10.8 Å². The van der Waals surface area contributed by atoms with E-state index in [9.17, 15) is 8.60 Å². The van der Waals surface area contributed by atoms with Crippen LogP contribution in [0.15, 0.2) is 54.0 Å². The molecule has 0 bridgehead atoms. The molecule has 0 radical (unpaired) electrons. The van der Waals surface area contributed by atoms with E-state index in [0.29, 0.717) is 17.9 Å². The highest BCUT2D eigenvalue weighted by Crippen LogP contribution is 2.39. The molecule has 2 heterocycles. The van der Waals surface area contributed by atoms with Crippen LogP contribution in [0.3, 0.4) is 0 Å². The molecule has 2 unspecified atom stereocenters. The van der Waals surface area contributed by atoms with Crippen molar-refractivity contribution in [2.24, 2.45) is 0 Å². The Bertz CT molecular complexity index is 1120. The quantitative estimate of drug-likeness (QED) is 0.306. The number of alkyl halides is 1. The summed E-state index contributed by atoms with van der Waals surface area (Å²) in [5.41, 5.74) is 4.05. The molecule has 1 aliphatic carbocycles. The Morgan fingerprint density at radius 2 is 1.97 bits per heavy atom. The van der Waals surface area contributed by atoms with E-state index in [1.54, 1.807) is 19.4 Å². The van der Waals surface area contributed by atoms with Gasteiger partial charge < -0.3 is 5.32 Å². The molecular weight excluding hydrogens is 495 g/mol. The van der Waals surface area contributed by atoms with Gasteiger partial charge in [-0.1, -0.05) is 52.8 Å². The molecule has 1 aliphatic rings. The van der Waals surface area contributed by atoms with Crippen LogP contribution in [0.2, 0.25) is 0 Å². The Morgan fingerprint density at radius 1 is 1.32 bits per heavy atom. The van der Waals surface area contributed by atoms with Crippen LogP contribution in [0.25, 0.3) is 11.6 Å². The third kappa shape index (κ3) is 8.23. The number of hydrogen-bond donors (Lipinski definition) is 1. The first-order valence-electron chi connectivity index (χ1n) is 14.0. The first kappa shape index (κ1) is 31.7. The van der Waals surface area contributed by atoms with Crippen LogP contribution in [0.5, 0.6) is 0 Å². The Kier molecular flexibility index (Phi) is 12.6. The lowest BCUT2D eigenvalue weighted by Crippen LogP contribution is -2.28. The van der Waals surface area contributed by atoms with Crippen molar-refractivity contribution in [1.82, 2.24) is 20.1 Å². The number of nitrogens with zero attached hydrogens (tertiary/aromatic N) is 3. The van der Waals surface area contributed by atoms with E-state index >= 15 is 0 Å². The second-order valence-corrected chi connectivity index (χ2v) is 11.5. The largest absolute Gasteiger partial charge is 0.378 e. The predicted octanol–water partition coefficient (Wildman–Crippen LogP) is 8.36. The minimum atomic E-state index is -1.13. The van der Waals surface area contributed by atoms with E-state index in [1.807, 2.05) is 36.0 Å². The molecule has 2 aromatic heterocycles. The van der Waals surface area contributed by atoms with Gasteiger partial charge >= 0.3 is 0 Å². The number of nitrogens with one attached hydrogen (secondary N) is 1. The van der Waals surface area contributed by atoms with Gasteiger partial charge in [-0.15, -0.1) is 0 Å². The maximum atomic E-state index is 14.4. The summed E-state index contributed by atoms with van der Waals surface area (Å²) < 4.78 is 28.4. The van der Waals surface area contributed by atoms with Crippen molar-refractivity contribution in [2.45, 2.75) is 109 Å². The summed E-state index contributed by atoms with van der Waals surface area (Å²) in [4.78, 5) is 4.25. The van der Waals surface area contributed by atoms with Gasteiger partial charge in [0.15, 0.2) is 0 Å². The first-order valence-corrected chi connectivity index (χ1v) is 15.5. The Hall–Kier alpha value is -2.54. The lowest BCUT2D eigenvalue weighted by molar-refractivity contribution is 0.102. The van der Waals surface area contributed by atoms with Crippen LogP contribution in [-0.4, -0.2) is 30.9 Å². The van der Waals surface area contributed by atoms with Gasteiger partial charge in [-0.25, -0.2) is 9.37 Å². The summed E-state index contributed by atoms with van der Waals surface area (Å²) in [5, 5.41) is 9.06. The molecule has 7 heteroatoms. The fraction of sp³-hybridized carbons (Fsp3) is 0.548. The van der Waals surface area contributed by atoms with Gasteiger partial charge in [0.25, 0.3) is 0 Å². The highest BCUT2D eigenvalue weighted by molar-refractivity contribution is 7.84. The number of halogens is 1. The van der Waals surface area contributed by atoms with Crippen molar-refractivity contribution in [2.75, 3.05) is 6.26 Å². The maximum absolute atomic E-state index is 14.4. The van der Waals surface area contributed by atoms with Gasteiger partial charge in [0.1, 0.15) is 10.7 Å². The molecule has 38 heavy (non-hydrogen) atoms. The molecular formula is C31H47FN4OS. The van der Waals surface area contributed by atoms with Crippen LogP contribution in [0.1, 0.15) is 115 Å². The average molecular weight is 543 g/mol. The molecule has 1 fully saturated rings. The summed E-state index contributed by atoms with van der Waals surface area (Å²) in [6.45, 7) is 16.3. The van der Waals surface area contributed by atoms with Crippen molar-refractivity contribution in [3.63, 3.8) is 0 Å². The van der Waals surface area contributed by atoms with Gasteiger partial charge in [-0.3, -0.25) is 8.89 Å². The molecule has 2 aromatic rings. The van der Waals surface area contributed by atoms with Crippen LogP contribution >= 0.6 is 0 Å². The highest BCUT2D eigenvalue weighted by Gasteiger charge is 2.33. The molecule has 0 spiro atoms. The number of aromatic nitrogens is 3. The lowest BCUT2D eigenvalue weighted by Gasteiger charge is -2.32. The standard InChI is InChI=1S/C28H39FN4OS.C3H8/c1-7-11-25(32-24(9-3)20-14-17-30-27(18-20)35(6)34)22(8-2)23-19-31-33(26(23)10-4)21-12-15-28(5,29)16-13-21;1-3-2/h8,10-11,14,17-19,21,24,32H,4,7,9,12-13,15-16H2,1-3,5-6H3;3H2,1-2H3/b22-8+,25-11+;. The van der Waals surface area contributed by atoms with Crippen molar-refractivity contribution < 1.29 is 8.60 Å². The van der Waals surface area contributed by atoms with Crippen LogP contribution < -0.4 is 5.32 Å². The molecule has 0 saturated heterocycles. The number of rotatable bonds is 10. The number of allylic oxidation sites excluding steroid dienone is 3. The topological polar surface area (TPSA) is 59.8 Å². The second-order valence-electron chi connectivity index (χ2n) is 10.2. The summed E-state index contributed by atoms with van der Waals surface area (Å²) in [7, 11) is -1.13. The summed E-state index contributed by atoms with van der Waals surface area (Å²) >= 11 is 0. The minimum absolute atomic E-state index is 0.0378. The van der Waals surface area contributed by atoms with Crippen molar-refractivity contribution >= 4 is 22.4 Å². The van der Waals surface area contributed by atoms with Gasteiger partial charge in [0, 0.05) is 29.3 Å². The van der Waals surface area contributed by atoms with E-state index in [-0.39, 0.29) is 12.1 Å². The van der Waals surface area contributed by atoms with Crippen LogP contribution in [0.4, 0.5) is 4.39 Å². The molecule has 1 saturated carbocycles. The van der Waals surface area contributed by atoms with Crippen molar-refractivity contribution in [3.8, 4) is 0 Å². The summed E-state index contributed by atoms with van der Waals surface area (Å²) in [5.74, 6) is 0. The van der Waals surface area contributed by atoms with Gasteiger partial charge in [0.2, 0.25) is 0 Å². The third-order valence-corrected chi connectivity index (χ3v) is 7.65. The smallest absolute Gasteiger partial charge is 0.127 e. The molecule has 0 amide bonds. The van der Waals surface area contributed by atoms with Crippen molar-refractivity contribution in [1.29, 1.82) is 0 Å². The Balaban J connectivity index is 0.00000161. The normalized spacial score (nSPS) is 21.7. The van der Waals surface area contributed by atoms with E-state index in [0.717, 1.165) is 53.8 Å². The highest BCUT2D eigenvalue weighted by atomic mass is 32.2. The SMILES string of the molecule is C=Cc1c(C(=C\C)/C(=C\CC)NC(CC)c2ccnc(S(C)=O)c2)cnn1C1CCC(C)(F)CC1.CCC. The monoisotopic (exact) mass is 542 g/mol. The average Bonchev–Trinajstić information content (AvgIpc) is 3.31. The predicted molar refractivity (Wildman–Crippen MR) is 160 cm³/mol. The minimum Gasteiger partial charge on any atom is -0.378 e. The van der Waals surface area contributed by atoms with E-state index in [4.69, 9.17) is 5.10 Å². The first-order chi connectivity index (χ1) is 18.2. The molecule has 210 valence electrons. The molecule has 3 rings (SSSR count). The summed E-state index contributed by atoms with van der Waals surface area (Å²) in [6.07, 6.45) is 17.1. The van der Waals surface area contributed by atoms with Crippen molar-refractivity contribution in [3.05, 3.63) is 65.8 Å². The van der Waals surface area contributed by atoms with E-state index in [2.05, 4.69) is 56.7 Å². The zero-order chi connectivity index (χ0) is 28.3. The zero-order valence-electron chi connectivity index (χ0n) is 24.4. The van der Waals surface area contributed by atoms with Crippen LogP contribution in [0, 0.1) is 0 Å². The number of pyridine rings is 1. The molecule has 0 aliphatic heterocycles. The van der Waals surface area contributed by atoms with Gasteiger partial charge in [0.05, 0.1) is 34.8 Å². The van der Waals surface area contributed by atoms with Gasteiger partial charge in [-0.2, -0.15) is 5.10 Å². The van der Waals surface area contributed by atoms with E-state index in [1.165, 1.54) is 6.42 Å². The second kappa shape index (κ2) is 15.2. The lowest BCUT2D eigenvalue weighted by atomic mass is 9.85. The van der Waals surface area contributed by atoms with E-state index < -0.39 is 16.5 Å². The third-order valence-electron chi connectivity index (χ3n) is 6.84. The fourth-order valence-electron chi connectivity index (χ4n) is 4.84. The molecule has 0 aromatic carbocycles. The number of hydrogen-bond acceptors (Lipinski definition) is 4. The van der Waals surface area contributed by atoms with Gasteiger partial charge in [-0.05, 0) is 76.1 Å². The Morgan fingerprint density at radius 3 is 2.50 bits per heavy atom. The zero-order valence-corrected chi connectivity index (χ0v) is 25.2. The summed E-state index contributed by atoms with van der Waals surface area (Å²) in [6, 6.07) is 4.12. The maximum Gasteiger partial charge on any atom is 0.127 e. The Labute approximate surface area is 232 Å². The molecule has 2 atom stereocenters. The fourth-order valence-corrected chi connectivity index (χ4v) is 5.35. The molecule has 1 N–H and O–H groups in total. The molecule has 5 nitrogen and oxygen atoms in total.